The van der Waals surface area contributed by atoms with Gasteiger partial charge in [-0.05, 0) is 46.6 Å². The summed E-state index contributed by atoms with van der Waals surface area (Å²) < 4.78 is 28.1. The molecule has 0 aromatic carbocycles. The fourth-order valence-electron chi connectivity index (χ4n) is 2.97. The maximum Gasteiger partial charge on any atom is 0.236 e. The van der Waals surface area contributed by atoms with Crippen molar-refractivity contribution in [1.82, 2.24) is 14.7 Å². The SMILES string of the molecule is C/C=C(\C=C(/C)S(=O)(=O)NC1CCCCC1)Nc1nc(NCC)ncc1C. The molecule has 0 unspecified atom stereocenters. The zero-order chi connectivity index (χ0) is 19.9. The molecule has 0 saturated heterocycles. The van der Waals surface area contributed by atoms with E-state index in [2.05, 4.69) is 25.3 Å². The van der Waals surface area contributed by atoms with E-state index >= 15 is 0 Å². The number of aryl methyl sites for hydroxylation is 1. The smallest absolute Gasteiger partial charge is 0.236 e. The second kappa shape index (κ2) is 9.85. The number of nitrogens with zero attached hydrogens (tertiary/aromatic N) is 2. The third-order valence-corrected chi connectivity index (χ3v) is 6.20. The van der Waals surface area contributed by atoms with Crippen LogP contribution < -0.4 is 15.4 Å². The first kappa shape index (κ1) is 21.4. The predicted octanol–water partition coefficient (Wildman–Crippen LogP) is 3.69. The lowest BCUT2D eigenvalue weighted by Crippen LogP contribution is -2.36. The first-order valence-corrected chi connectivity index (χ1v) is 11.1. The van der Waals surface area contributed by atoms with E-state index in [0.717, 1.165) is 37.8 Å². The second-order valence-electron chi connectivity index (χ2n) is 6.84. The van der Waals surface area contributed by atoms with Crippen molar-refractivity contribution in [2.45, 2.75) is 65.8 Å². The number of rotatable bonds is 8. The zero-order valence-corrected chi connectivity index (χ0v) is 17.5. The van der Waals surface area contributed by atoms with Crippen LogP contribution in [-0.4, -0.2) is 31.0 Å². The van der Waals surface area contributed by atoms with Gasteiger partial charge in [0.1, 0.15) is 5.82 Å². The molecule has 0 atom stereocenters. The number of allylic oxidation sites excluding steroid dienone is 3. The highest BCUT2D eigenvalue weighted by molar-refractivity contribution is 7.93. The highest BCUT2D eigenvalue weighted by atomic mass is 32.2. The van der Waals surface area contributed by atoms with Gasteiger partial charge in [-0.2, -0.15) is 4.98 Å². The van der Waals surface area contributed by atoms with Crippen LogP contribution in [0.25, 0.3) is 0 Å². The van der Waals surface area contributed by atoms with Crippen LogP contribution >= 0.6 is 0 Å². The molecule has 0 amide bonds. The Balaban J connectivity index is 2.13. The van der Waals surface area contributed by atoms with Crippen LogP contribution in [0.4, 0.5) is 11.8 Å². The molecule has 1 aliphatic carbocycles. The molecule has 150 valence electrons. The minimum Gasteiger partial charge on any atom is -0.354 e. The fourth-order valence-corrected chi connectivity index (χ4v) is 4.11. The van der Waals surface area contributed by atoms with E-state index in [1.165, 1.54) is 6.42 Å². The van der Waals surface area contributed by atoms with Crippen LogP contribution in [0, 0.1) is 6.92 Å². The van der Waals surface area contributed by atoms with Crippen LogP contribution in [0.1, 0.15) is 58.4 Å². The highest BCUT2D eigenvalue weighted by Crippen LogP contribution is 2.21. The summed E-state index contributed by atoms with van der Waals surface area (Å²) in [5.74, 6) is 1.18. The van der Waals surface area contributed by atoms with Crippen molar-refractivity contribution in [2.75, 3.05) is 17.2 Å². The molecule has 2 rings (SSSR count). The van der Waals surface area contributed by atoms with Crippen LogP contribution in [0.2, 0.25) is 0 Å². The Morgan fingerprint density at radius 1 is 1.30 bits per heavy atom. The number of hydrogen-bond acceptors (Lipinski definition) is 6. The Hall–Kier alpha value is -1.93. The largest absolute Gasteiger partial charge is 0.354 e. The predicted molar refractivity (Wildman–Crippen MR) is 111 cm³/mol. The van der Waals surface area contributed by atoms with E-state index in [0.29, 0.717) is 17.5 Å². The standard InChI is InChI=1S/C19H31N5O2S/c1-5-16(22-18-14(3)13-21-19(23-18)20-6-2)12-15(4)27(25,26)24-17-10-8-7-9-11-17/h5,12-13,17,24H,6-11H2,1-4H3,(H2,20,21,22,23)/b15-12+,16-5+. The molecule has 0 spiro atoms. The van der Waals surface area contributed by atoms with Crippen molar-refractivity contribution in [3.05, 3.63) is 34.5 Å². The van der Waals surface area contributed by atoms with Crippen molar-refractivity contribution >= 4 is 21.8 Å². The van der Waals surface area contributed by atoms with Crippen molar-refractivity contribution < 1.29 is 8.42 Å². The lowest BCUT2D eigenvalue weighted by atomic mass is 9.96. The maximum atomic E-state index is 12.6. The minimum atomic E-state index is -3.50. The molecule has 1 aromatic rings. The Labute approximate surface area is 162 Å². The maximum absolute atomic E-state index is 12.6. The molecule has 1 heterocycles. The zero-order valence-electron chi connectivity index (χ0n) is 16.7. The van der Waals surface area contributed by atoms with Gasteiger partial charge in [-0.15, -0.1) is 0 Å². The summed E-state index contributed by atoms with van der Waals surface area (Å²) in [7, 11) is -3.50. The average Bonchev–Trinajstić information content (AvgIpc) is 2.64. The van der Waals surface area contributed by atoms with Gasteiger partial charge in [-0.1, -0.05) is 25.3 Å². The van der Waals surface area contributed by atoms with Crippen LogP contribution in [-0.2, 0) is 10.0 Å². The van der Waals surface area contributed by atoms with E-state index < -0.39 is 10.0 Å². The molecule has 1 aromatic heterocycles. The van der Waals surface area contributed by atoms with Crippen molar-refractivity contribution in [3.8, 4) is 0 Å². The average molecular weight is 394 g/mol. The van der Waals surface area contributed by atoms with Gasteiger partial charge in [0, 0.05) is 30.0 Å². The molecular formula is C19H31N5O2S. The molecule has 0 bridgehead atoms. The normalized spacial score (nSPS) is 17.0. The molecule has 8 heteroatoms. The van der Waals surface area contributed by atoms with Gasteiger partial charge >= 0.3 is 0 Å². The van der Waals surface area contributed by atoms with Gasteiger partial charge in [0.2, 0.25) is 16.0 Å². The molecule has 1 aliphatic rings. The van der Waals surface area contributed by atoms with Crippen LogP contribution in [0.15, 0.2) is 29.0 Å². The van der Waals surface area contributed by atoms with E-state index in [1.807, 2.05) is 26.8 Å². The number of hydrogen-bond donors (Lipinski definition) is 3. The lowest BCUT2D eigenvalue weighted by Gasteiger charge is -2.22. The van der Waals surface area contributed by atoms with Crippen molar-refractivity contribution in [2.24, 2.45) is 0 Å². The van der Waals surface area contributed by atoms with E-state index in [9.17, 15) is 8.42 Å². The molecule has 0 radical (unpaired) electrons. The van der Waals surface area contributed by atoms with Crippen molar-refractivity contribution in [1.29, 1.82) is 0 Å². The van der Waals surface area contributed by atoms with E-state index in [-0.39, 0.29) is 10.9 Å². The summed E-state index contributed by atoms with van der Waals surface area (Å²) in [6.45, 7) is 8.08. The Morgan fingerprint density at radius 2 is 2.00 bits per heavy atom. The molecule has 27 heavy (non-hydrogen) atoms. The first-order chi connectivity index (χ1) is 12.9. The molecule has 1 fully saturated rings. The second-order valence-corrected chi connectivity index (χ2v) is 8.72. The van der Waals surface area contributed by atoms with Crippen LogP contribution in [0.5, 0.6) is 0 Å². The molecular weight excluding hydrogens is 362 g/mol. The molecule has 1 saturated carbocycles. The summed E-state index contributed by atoms with van der Waals surface area (Å²) >= 11 is 0. The van der Waals surface area contributed by atoms with E-state index in [1.54, 1.807) is 19.2 Å². The number of anilines is 2. The number of sulfonamides is 1. The molecule has 0 aliphatic heterocycles. The Morgan fingerprint density at radius 3 is 2.63 bits per heavy atom. The summed E-state index contributed by atoms with van der Waals surface area (Å²) in [6, 6.07) is 0.0425. The topological polar surface area (TPSA) is 96.0 Å². The van der Waals surface area contributed by atoms with Gasteiger partial charge < -0.3 is 10.6 Å². The summed E-state index contributed by atoms with van der Waals surface area (Å²) in [4.78, 5) is 8.95. The summed E-state index contributed by atoms with van der Waals surface area (Å²) in [6.07, 6.45) is 10.4. The van der Waals surface area contributed by atoms with Crippen LogP contribution in [0.3, 0.4) is 0 Å². The van der Waals surface area contributed by atoms with Gasteiger partial charge in [0.25, 0.3) is 0 Å². The quantitative estimate of drug-likeness (QED) is 0.583. The minimum absolute atomic E-state index is 0.0425. The van der Waals surface area contributed by atoms with Gasteiger partial charge in [-0.25, -0.2) is 18.1 Å². The Kier molecular flexibility index (Phi) is 7.79. The fraction of sp³-hybridized carbons (Fsp3) is 0.579. The first-order valence-electron chi connectivity index (χ1n) is 9.57. The number of nitrogens with one attached hydrogen (secondary N) is 3. The van der Waals surface area contributed by atoms with Gasteiger partial charge in [0.05, 0.1) is 4.91 Å². The number of aromatic nitrogens is 2. The third kappa shape index (κ3) is 6.32. The van der Waals surface area contributed by atoms with E-state index in [4.69, 9.17) is 0 Å². The highest BCUT2D eigenvalue weighted by Gasteiger charge is 2.21. The van der Waals surface area contributed by atoms with Gasteiger partial charge in [0.15, 0.2) is 0 Å². The van der Waals surface area contributed by atoms with Crippen molar-refractivity contribution in [3.63, 3.8) is 0 Å². The molecule has 3 N–H and O–H groups in total. The summed E-state index contributed by atoms with van der Waals surface area (Å²) in [5, 5.41) is 6.28. The Bertz CT molecular complexity index is 796. The monoisotopic (exact) mass is 393 g/mol. The summed E-state index contributed by atoms with van der Waals surface area (Å²) in [5.41, 5.74) is 1.55. The van der Waals surface area contributed by atoms with Gasteiger partial charge in [-0.3, -0.25) is 0 Å². The molecule has 7 nitrogen and oxygen atoms in total. The lowest BCUT2D eigenvalue weighted by molar-refractivity contribution is 0.413. The third-order valence-electron chi connectivity index (χ3n) is 4.59.